The van der Waals surface area contributed by atoms with Crippen molar-refractivity contribution in [3.63, 3.8) is 0 Å². The summed E-state index contributed by atoms with van der Waals surface area (Å²) in [6, 6.07) is 0.543. The van der Waals surface area contributed by atoms with Crippen molar-refractivity contribution in [2.45, 2.75) is 71.8 Å². The van der Waals surface area contributed by atoms with E-state index in [-0.39, 0.29) is 0 Å². The molecule has 0 saturated heterocycles. The van der Waals surface area contributed by atoms with Gasteiger partial charge >= 0.3 is 0 Å². The smallest absolute Gasteiger partial charge is 0.216 e. The van der Waals surface area contributed by atoms with Crippen molar-refractivity contribution in [2.24, 2.45) is 0 Å². The molecule has 0 spiro atoms. The average molecular weight is 253 g/mol. The van der Waals surface area contributed by atoms with Crippen LogP contribution >= 0.6 is 0 Å². The van der Waals surface area contributed by atoms with Crippen LogP contribution in [-0.2, 0) is 12.8 Å². The molecule has 1 N–H and O–H groups in total. The second kappa shape index (κ2) is 9.09. The van der Waals surface area contributed by atoms with Crippen molar-refractivity contribution < 1.29 is 4.42 Å². The van der Waals surface area contributed by atoms with Gasteiger partial charge in [0.25, 0.3) is 0 Å². The van der Waals surface area contributed by atoms with Crippen LogP contribution in [0, 0.1) is 0 Å². The Hall–Kier alpha value is -0.900. The maximum atomic E-state index is 5.62. The summed E-state index contributed by atoms with van der Waals surface area (Å²) in [6.07, 6.45) is 7.82. The molecule has 0 atom stereocenters. The fourth-order valence-corrected chi connectivity index (χ4v) is 1.82. The lowest BCUT2D eigenvalue weighted by Crippen LogP contribution is -2.23. The summed E-state index contributed by atoms with van der Waals surface area (Å²) in [6.45, 7) is 7.53. The number of aryl methyl sites for hydroxylation is 2. The molecule has 0 unspecified atom stereocenters. The van der Waals surface area contributed by atoms with E-state index in [0.717, 1.165) is 44.0 Å². The van der Waals surface area contributed by atoms with Gasteiger partial charge in [0.15, 0.2) is 0 Å². The van der Waals surface area contributed by atoms with E-state index < -0.39 is 0 Å². The molecular weight excluding hydrogens is 226 g/mol. The Labute approximate surface area is 111 Å². The Morgan fingerprint density at radius 2 is 1.67 bits per heavy atom. The van der Waals surface area contributed by atoms with Crippen molar-refractivity contribution in [3.8, 4) is 0 Å². The predicted octanol–water partition coefficient (Wildman–Crippen LogP) is 3.12. The van der Waals surface area contributed by atoms with Crippen molar-refractivity contribution in [1.82, 2.24) is 15.5 Å². The Balaban J connectivity index is 2.13. The Kier molecular flexibility index (Phi) is 7.65. The molecule has 1 heterocycles. The number of nitrogens with one attached hydrogen (secondary N) is 1. The summed E-state index contributed by atoms with van der Waals surface area (Å²) in [5.74, 6) is 1.59. The number of aromatic nitrogens is 2. The molecule has 0 radical (unpaired) electrons. The van der Waals surface area contributed by atoms with Gasteiger partial charge in [-0.05, 0) is 19.4 Å². The van der Waals surface area contributed by atoms with E-state index in [0.29, 0.717) is 6.04 Å². The molecule has 104 valence electrons. The van der Waals surface area contributed by atoms with E-state index in [1.807, 2.05) is 0 Å². The summed E-state index contributed by atoms with van der Waals surface area (Å²) in [5.41, 5.74) is 0. The van der Waals surface area contributed by atoms with Gasteiger partial charge in [0.2, 0.25) is 11.8 Å². The highest BCUT2D eigenvalue weighted by atomic mass is 16.4. The zero-order valence-corrected chi connectivity index (χ0v) is 12.0. The predicted molar refractivity (Wildman–Crippen MR) is 73.6 cm³/mol. The van der Waals surface area contributed by atoms with Crippen molar-refractivity contribution in [3.05, 3.63) is 11.8 Å². The number of hydrogen-bond acceptors (Lipinski definition) is 4. The molecule has 0 bridgehead atoms. The van der Waals surface area contributed by atoms with E-state index in [4.69, 9.17) is 4.42 Å². The highest BCUT2D eigenvalue weighted by molar-refractivity contribution is 4.82. The lowest BCUT2D eigenvalue weighted by molar-refractivity contribution is 0.432. The second-order valence-electron chi connectivity index (χ2n) is 5.11. The van der Waals surface area contributed by atoms with E-state index in [2.05, 4.69) is 36.3 Å². The molecule has 0 amide bonds. The third kappa shape index (κ3) is 6.74. The van der Waals surface area contributed by atoms with Crippen LogP contribution in [0.4, 0.5) is 0 Å². The first kappa shape index (κ1) is 15.2. The van der Waals surface area contributed by atoms with Crippen LogP contribution in [0.15, 0.2) is 4.42 Å². The van der Waals surface area contributed by atoms with Crippen molar-refractivity contribution in [1.29, 1.82) is 0 Å². The lowest BCUT2D eigenvalue weighted by Gasteiger charge is -2.05. The third-order valence-electron chi connectivity index (χ3n) is 2.87. The number of nitrogens with zero attached hydrogens (tertiary/aromatic N) is 2. The Bertz CT molecular complexity index is 310. The molecule has 0 fully saturated rings. The number of hydrogen-bond donors (Lipinski definition) is 1. The SMILES string of the molecule is CCCCCCc1nnc(CCCNC(C)C)o1. The Morgan fingerprint density at radius 1 is 1.00 bits per heavy atom. The van der Waals surface area contributed by atoms with Gasteiger partial charge in [0, 0.05) is 18.9 Å². The van der Waals surface area contributed by atoms with E-state index in [9.17, 15) is 0 Å². The molecular formula is C14H27N3O. The normalized spacial score (nSPS) is 11.3. The van der Waals surface area contributed by atoms with Crippen LogP contribution in [0.5, 0.6) is 0 Å². The van der Waals surface area contributed by atoms with E-state index in [1.54, 1.807) is 0 Å². The van der Waals surface area contributed by atoms with Gasteiger partial charge in [0.1, 0.15) is 0 Å². The fourth-order valence-electron chi connectivity index (χ4n) is 1.82. The van der Waals surface area contributed by atoms with Crippen LogP contribution < -0.4 is 5.32 Å². The van der Waals surface area contributed by atoms with Crippen molar-refractivity contribution >= 4 is 0 Å². The summed E-state index contributed by atoms with van der Waals surface area (Å²) in [7, 11) is 0. The average Bonchev–Trinajstić information content (AvgIpc) is 2.78. The largest absolute Gasteiger partial charge is 0.425 e. The van der Waals surface area contributed by atoms with Crippen molar-refractivity contribution in [2.75, 3.05) is 6.54 Å². The minimum atomic E-state index is 0.543. The van der Waals surface area contributed by atoms with Gasteiger partial charge in [-0.1, -0.05) is 40.0 Å². The summed E-state index contributed by atoms with van der Waals surface area (Å²) >= 11 is 0. The standard InChI is InChI=1S/C14H27N3O/c1-4-5-6-7-9-13-16-17-14(18-13)10-8-11-15-12(2)3/h12,15H,4-11H2,1-3H3. The van der Waals surface area contributed by atoms with Gasteiger partial charge in [0.05, 0.1) is 0 Å². The Morgan fingerprint density at radius 3 is 2.28 bits per heavy atom. The fraction of sp³-hybridized carbons (Fsp3) is 0.857. The molecule has 1 aromatic heterocycles. The highest BCUT2D eigenvalue weighted by Gasteiger charge is 2.05. The topological polar surface area (TPSA) is 51.0 Å². The van der Waals surface area contributed by atoms with Crippen LogP contribution in [0.25, 0.3) is 0 Å². The lowest BCUT2D eigenvalue weighted by atomic mass is 10.1. The van der Waals surface area contributed by atoms with Crippen LogP contribution in [0.3, 0.4) is 0 Å². The molecule has 0 aliphatic heterocycles. The van der Waals surface area contributed by atoms with Gasteiger partial charge in [-0.15, -0.1) is 10.2 Å². The molecule has 0 saturated carbocycles. The number of unbranched alkanes of at least 4 members (excludes halogenated alkanes) is 3. The molecule has 18 heavy (non-hydrogen) atoms. The highest BCUT2D eigenvalue weighted by Crippen LogP contribution is 2.08. The van der Waals surface area contributed by atoms with Crippen LogP contribution in [0.1, 0.15) is 64.7 Å². The first-order valence-corrected chi connectivity index (χ1v) is 7.27. The summed E-state index contributed by atoms with van der Waals surface area (Å²) in [5, 5.41) is 11.6. The molecule has 0 aliphatic rings. The summed E-state index contributed by atoms with van der Waals surface area (Å²) < 4.78 is 5.62. The minimum absolute atomic E-state index is 0.543. The molecule has 4 nitrogen and oxygen atoms in total. The van der Waals surface area contributed by atoms with Crippen LogP contribution in [-0.4, -0.2) is 22.8 Å². The molecule has 1 aromatic rings. The molecule has 1 rings (SSSR count). The van der Waals surface area contributed by atoms with Gasteiger partial charge in [-0.3, -0.25) is 0 Å². The minimum Gasteiger partial charge on any atom is -0.425 e. The van der Waals surface area contributed by atoms with Gasteiger partial charge in [-0.25, -0.2) is 0 Å². The summed E-state index contributed by atoms with van der Waals surface area (Å²) in [4.78, 5) is 0. The molecule has 4 heteroatoms. The first-order chi connectivity index (χ1) is 8.72. The second-order valence-corrected chi connectivity index (χ2v) is 5.11. The quantitative estimate of drug-likeness (QED) is 0.651. The number of rotatable bonds is 10. The monoisotopic (exact) mass is 253 g/mol. The van der Waals surface area contributed by atoms with Gasteiger partial charge in [-0.2, -0.15) is 0 Å². The molecule has 0 aliphatic carbocycles. The third-order valence-corrected chi connectivity index (χ3v) is 2.87. The zero-order valence-electron chi connectivity index (χ0n) is 12.0. The molecule has 0 aromatic carbocycles. The maximum absolute atomic E-state index is 5.62. The maximum Gasteiger partial charge on any atom is 0.216 e. The van der Waals surface area contributed by atoms with E-state index >= 15 is 0 Å². The van der Waals surface area contributed by atoms with E-state index in [1.165, 1.54) is 19.3 Å². The first-order valence-electron chi connectivity index (χ1n) is 7.27. The van der Waals surface area contributed by atoms with Crippen LogP contribution in [0.2, 0.25) is 0 Å². The van der Waals surface area contributed by atoms with Gasteiger partial charge < -0.3 is 9.73 Å². The zero-order chi connectivity index (χ0) is 13.2.